The Morgan fingerprint density at radius 1 is 1.04 bits per heavy atom. The quantitative estimate of drug-likeness (QED) is 0.805. The molecule has 0 atom stereocenters. The van der Waals surface area contributed by atoms with Gasteiger partial charge in [-0.25, -0.2) is 9.18 Å². The molecule has 0 saturated heterocycles. The van der Waals surface area contributed by atoms with Crippen LogP contribution in [0.5, 0.6) is 0 Å². The second-order valence-corrected chi connectivity index (χ2v) is 8.49. The summed E-state index contributed by atoms with van der Waals surface area (Å²) in [5, 5.41) is 2.53. The molecule has 0 heterocycles. The fraction of sp³-hybridized carbons (Fsp3) is 0.600. The number of hydroxylamine groups is 1. The van der Waals surface area contributed by atoms with E-state index in [9.17, 15) is 14.0 Å². The van der Waals surface area contributed by atoms with Gasteiger partial charge in [-0.05, 0) is 79.4 Å². The molecular weight excluding hydrogens is 335 g/mol. The third-order valence-corrected chi connectivity index (χ3v) is 6.31. The van der Waals surface area contributed by atoms with E-state index in [1.165, 1.54) is 31.4 Å². The van der Waals surface area contributed by atoms with Crippen molar-refractivity contribution in [3.63, 3.8) is 0 Å². The van der Waals surface area contributed by atoms with Gasteiger partial charge in [0.05, 0.1) is 0 Å². The Hall–Kier alpha value is -2.11. The molecule has 4 aliphatic rings. The number of rotatable bonds is 4. The van der Waals surface area contributed by atoms with Gasteiger partial charge in [-0.1, -0.05) is 12.1 Å². The average molecular weight is 360 g/mol. The monoisotopic (exact) mass is 360 g/mol. The topological polar surface area (TPSA) is 67.4 Å². The first-order chi connectivity index (χ1) is 12.5. The maximum atomic E-state index is 12.8. The van der Waals surface area contributed by atoms with Gasteiger partial charge in [0.25, 0.3) is 5.91 Å². The van der Waals surface area contributed by atoms with Gasteiger partial charge in [0.1, 0.15) is 5.82 Å². The summed E-state index contributed by atoms with van der Waals surface area (Å²) in [4.78, 5) is 28.9. The lowest BCUT2D eigenvalue weighted by atomic mass is 9.49. The molecule has 0 unspecified atom stereocenters. The Bertz CT molecular complexity index is 654. The highest BCUT2D eigenvalue weighted by Crippen LogP contribution is 2.61. The molecule has 4 bridgehead atoms. The minimum absolute atomic E-state index is 0.118. The van der Waals surface area contributed by atoms with Gasteiger partial charge in [-0.3, -0.25) is 4.79 Å². The highest BCUT2D eigenvalue weighted by Gasteiger charge is 2.51. The van der Waals surface area contributed by atoms with E-state index in [0.717, 1.165) is 42.6 Å². The molecule has 140 valence electrons. The number of benzene rings is 1. The molecule has 5 rings (SSSR count). The van der Waals surface area contributed by atoms with Crippen molar-refractivity contribution in [3.05, 3.63) is 35.6 Å². The first kappa shape index (κ1) is 17.3. The maximum Gasteiger partial charge on any atom is 0.431 e. The lowest BCUT2D eigenvalue weighted by molar-refractivity contribution is -0.137. The van der Waals surface area contributed by atoms with Crippen LogP contribution in [0.25, 0.3) is 0 Å². The molecule has 0 spiro atoms. The first-order valence-corrected chi connectivity index (χ1v) is 9.48. The molecule has 2 N–H and O–H groups in total. The van der Waals surface area contributed by atoms with Crippen LogP contribution in [-0.4, -0.2) is 12.0 Å². The van der Waals surface area contributed by atoms with E-state index in [2.05, 4.69) is 10.8 Å². The molecule has 0 aliphatic heterocycles. The summed E-state index contributed by atoms with van der Waals surface area (Å²) in [6.45, 7) is 0.212. The van der Waals surface area contributed by atoms with E-state index in [-0.39, 0.29) is 23.7 Å². The second kappa shape index (κ2) is 6.89. The van der Waals surface area contributed by atoms with Gasteiger partial charge < -0.3 is 10.2 Å². The van der Waals surface area contributed by atoms with Crippen LogP contribution in [0.4, 0.5) is 9.18 Å². The Labute approximate surface area is 152 Å². The Kier molecular flexibility index (Phi) is 4.59. The Balaban J connectivity index is 1.21. The van der Waals surface area contributed by atoms with Crippen LogP contribution in [0.2, 0.25) is 0 Å². The average Bonchev–Trinajstić information content (AvgIpc) is 2.58. The summed E-state index contributed by atoms with van der Waals surface area (Å²) in [6, 6.07) is 5.83. The summed E-state index contributed by atoms with van der Waals surface area (Å²) < 4.78 is 12.8. The van der Waals surface area contributed by atoms with Gasteiger partial charge >= 0.3 is 6.09 Å². The number of hydrogen-bond acceptors (Lipinski definition) is 3. The van der Waals surface area contributed by atoms with E-state index < -0.39 is 6.09 Å². The summed E-state index contributed by atoms with van der Waals surface area (Å²) in [5.41, 5.74) is 3.16. The van der Waals surface area contributed by atoms with Gasteiger partial charge in [0.2, 0.25) is 0 Å². The van der Waals surface area contributed by atoms with Gasteiger partial charge in [-0.15, -0.1) is 0 Å². The van der Waals surface area contributed by atoms with Crippen LogP contribution in [0, 0.1) is 29.0 Å². The molecule has 4 fully saturated rings. The van der Waals surface area contributed by atoms with Crippen LogP contribution >= 0.6 is 0 Å². The molecule has 1 aromatic rings. The van der Waals surface area contributed by atoms with Crippen LogP contribution in [0.3, 0.4) is 0 Å². The van der Waals surface area contributed by atoms with Crippen molar-refractivity contribution in [1.82, 2.24) is 10.8 Å². The number of nitrogens with one attached hydrogen (secondary N) is 2. The Morgan fingerprint density at radius 2 is 1.62 bits per heavy atom. The molecule has 6 heteroatoms. The normalized spacial score (nSPS) is 31.5. The standard InChI is InChI=1S/C20H25FN2O3/c21-17-3-1-13(2-4-17)12-22-19(25)26-23-18(24)11-20-8-14-5-15(9-20)7-16(6-14)10-20/h1-4,14-16H,5-12H2,(H,22,25)(H,23,24). The highest BCUT2D eigenvalue weighted by molar-refractivity contribution is 5.78. The van der Waals surface area contributed by atoms with E-state index >= 15 is 0 Å². The SMILES string of the molecule is O=C(CC12CC3CC(CC(C3)C1)C2)NOC(=O)NCc1ccc(F)cc1. The molecule has 2 amide bonds. The molecule has 0 aromatic heterocycles. The molecule has 4 saturated carbocycles. The van der Waals surface area contributed by atoms with Gasteiger partial charge in [0.15, 0.2) is 0 Å². The highest BCUT2D eigenvalue weighted by atomic mass is 19.1. The summed E-state index contributed by atoms with van der Waals surface area (Å²) in [6.07, 6.45) is 7.17. The lowest BCUT2D eigenvalue weighted by Gasteiger charge is -2.56. The van der Waals surface area contributed by atoms with Crippen molar-refractivity contribution < 1.29 is 18.8 Å². The van der Waals surface area contributed by atoms with Gasteiger partial charge in [0, 0.05) is 13.0 Å². The van der Waals surface area contributed by atoms with E-state index in [1.807, 2.05) is 0 Å². The van der Waals surface area contributed by atoms with Gasteiger partial charge in [-0.2, -0.15) is 5.48 Å². The summed E-state index contributed by atoms with van der Waals surface area (Å²) >= 11 is 0. The van der Waals surface area contributed by atoms with E-state index in [0.29, 0.717) is 6.42 Å². The maximum absolute atomic E-state index is 12.8. The molecule has 4 aliphatic carbocycles. The minimum Gasteiger partial charge on any atom is -0.322 e. The van der Waals surface area contributed by atoms with E-state index in [1.54, 1.807) is 12.1 Å². The minimum atomic E-state index is -0.715. The van der Waals surface area contributed by atoms with Crippen LogP contribution in [0.1, 0.15) is 50.5 Å². The summed E-state index contributed by atoms with van der Waals surface area (Å²) in [7, 11) is 0. The van der Waals surface area contributed by atoms with Crippen LogP contribution < -0.4 is 10.8 Å². The van der Waals surface area contributed by atoms with Crippen molar-refractivity contribution in [2.45, 2.75) is 51.5 Å². The zero-order valence-corrected chi connectivity index (χ0v) is 14.8. The third kappa shape index (κ3) is 3.84. The van der Waals surface area contributed by atoms with Crippen molar-refractivity contribution in [3.8, 4) is 0 Å². The van der Waals surface area contributed by atoms with Crippen molar-refractivity contribution >= 4 is 12.0 Å². The molecule has 5 nitrogen and oxygen atoms in total. The number of carbonyl (C=O) groups is 2. The summed E-state index contributed by atoms with van der Waals surface area (Å²) in [5.74, 6) is 1.81. The predicted molar refractivity (Wildman–Crippen MR) is 93.1 cm³/mol. The predicted octanol–water partition coefficient (Wildman–Crippen LogP) is 3.69. The number of hydrogen-bond donors (Lipinski definition) is 2. The third-order valence-electron chi connectivity index (χ3n) is 6.31. The van der Waals surface area contributed by atoms with Crippen molar-refractivity contribution in [2.75, 3.05) is 0 Å². The molecule has 1 aromatic carbocycles. The number of carbonyl (C=O) groups excluding carboxylic acids is 2. The van der Waals surface area contributed by atoms with Crippen LogP contribution in [0.15, 0.2) is 24.3 Å². The smallest absolute Gasteiger partial charge is 0.322 e. The number of halogens is 1. The van der Waals surface area contributed by atoms with Crippen molar-refractivity contribution in [1.29, 1.82) is 0 Å². The van der Waals surface area contributed by atoms with Crippen molar-refractivity contribution in [2.24, 2.45) is 23.2 Å². The molecule has 26 heavy (non-hydrogen) atoms. The molecular formula is C20H25FN2O3. The fourth-order valence-corrected chi connectivity index (χ4v) is 5.80. The zero-order valence-electron chi connectivity index (χ0n) is 14.8. The largest absolute Gasteiger partial charge is 0.431 e. The Morgan fingerprint density at radius 3 is 2.19 bits per heavy atom. The fourth-order valence-electron chi connectivity index (χ4n) is 5.80. The van der Waals surface area contributed by atoms with E-state index in [4.69, 9.17) is 4.84 Å². The molecule has 0 radical (unpaired) electrons. The second-order valence-electron chi connectivity index (χ2n) is 8.49. The zero-order chi connectivity index (χ0) is 18.1. The number of amides is 2. The van der Waals surface area contributed by atoms with Crippen LogP contribution in [-0.2, 0) is 16.2 Å². The lowest BCUT2D eigenvalue weighted by Crippen LogP contribution is -2.48. The first-order valence-electron chi connectivity index (χ1n) is 9.48.